The minimum Gasteiger partial charge on any atom is -0.457 e. The zero-order chi connectivity index (χ0) is 41.5. The van der Waals surface area contributed by atoms with Gasteiger partial charge in [0.2, 0.25) is 0 Å². The lowest BCUT2D eigenvalue weighted by molar-refractivity contribution is 0.436. The number of nitrogens with one attached hydrogen (secondary N) is 1. The van der Waals surface area contributed by atoms with Crippen molar-refractivity contribution < 1.29 is 4.74 Å². The summed E-state index contributed by atoms with van der Waals surface area (Å²) in [5.74, 6) is 1.81. The van der Waals surface area contributed by atoms with Gasteiger partial charge < -0.3 is 15.8 Å². The molecule has 0 saturated carbocycles. The summed E-state index contributed by atoms with van der Waals surface area (Å²) in [6.07, 6.45) is 2.14. The highest BCUT2D eigenvalue weighted by atomic mass is 16.5. The first-order valence-electron chi connectivity index (χ1n) is 21.4. The van der Waals surface area contributed by atoms with Crippen molar-refractivity contribution in [2.45, 2.75) is 18.0 Å². The molecule has 0 fully saturated rings. The first-order valence-corrected chi connectivity index (χ1v) is 21.4. The molecule has 1 unspecified atom stereocenters. The quantitative estimate of drug-likeness (QED) is 0.153. The Bertz CT molecular complexity index is 3050. The monoisotopic (exact) mass is 796 g/mol. The molecule has 9 aromatic carbocycles. The van der Waals surface area contributed by atoms with E-state index >= 15 is 0 Å². The maximum absolute atomic E-state index is 6.91. The van der Waals surface area contributed by atoms with Crippen molar-refractivity contribution in [1.82, 2.24) is 5.32 Å². The van der Waals surface area contributed by atoms with Crippen LogP contribution in [0.25, 0.3) is 50.2 Å². The topological polar surface area (TPSA) is 47.3 Å². The Morgan fingerprint density at radius 1 is 0.452 bits per heavy atom. The van der Waals surface area contributed by atoms with Gasteiger partial charge in [-0.3, -0.25) is 0 Å². The van der Waals surface area contributed by atoms with Gasteiger partial charge in [0, 0.05) is 23.4 Å². The Kier molecular flexibility index (Phi) is 9.45. The van der Waals surface area contributed by atoms with Crippen molar-refractivity contribution in [1.29, 1.82) is 0 Å². The standard InChI is InChI=1S/C59H44N2O/c60-55(44-30-26-42(27-31-44)41-16-5-2-6-17-41)38-56(61-39-40-14-3-1-4-15-40)45-32-28-43(29-33-45)46-18-13-19-47(36-46)48-34-35-52-50(37-48)49-20-7-8-21-51(49)59(52)53-22-9-11-24-57(53)62-58-25-12-10-23-54(58)59/h1-38,55,61H,39,60H2/b56-38-. The van der Waals surface area contributed by atoms with Crippen LogP contribution < -0.4 is 15.8 Å². The average Bonchev–Trinajstić information content (AvgIpc) is 3.63. The third-order valence-electron chi connectivity index (χ3n) is 12.6. The molecule has 0 saturated heterocycles. The van der Waals surface area contributed by atoms with Gasteiger partial charge in [0.25, 0.3) is 0 Å². The SMILES string of the molecule is NC(/C=C(\NCc1ccccc1)c1ccc(-c2cccc(-c3ccc4c(c3)-c3ccccc3C43c4ccccc4Oc4ccccc43)c2)cc1)c1ccc(-c2ccccc2)cc1. The van der Waals surface area contributed by atoms with Gasteiger partial charge in [0.15, 0.2) is 0 Å². The Hall–Kier alpha value is -7.72. The summed E-state index contributed by atoms with van der Waals surface area (Å²) in [5.41, 5.74) is 25.3. The van der Waals surface area contributed by atoms with E-state index < -0.39 is 5.41 Å². The van der Waals surface area contributed by atoms with E-state index in [0.717, 1.165) is 39.4 Å². The summed E-state index contributed by atoms with van der Waals surface area (Å²) < 4.78 is 6.53. The van der Waals surface area contributed by atoms with Crippen LogP contribution in [0.5, 0.6) is 11.5 Å². The molecule has 1 spiro atoms. The van der Waals surface area contributed by atoms with Crippen LogP contribution in [0.3, 0.4) is 0 Å². The Labute approximate surface area is 363 Å². The lowest BCUT2D eigenvalue weighted by Crippen LogP contribution is -2.32. The highest BCUT2D eigenvalue weighted by Crippen LogP contribution is 2.62. The van der Waals surface area contributed by atoms with Gasteiger partial charge in [-0.1, -0.05) is 200 Å². The van der Waals surface area contributed by atoms with Crippen LogP contribution in [0.2, 0.25) is 0 Å². The predicted molar refractivity (Wildman–Crippen MR) is 255 cm³/mol. The van der Waals surface area contributed by atoms with E-state index in [1.807, 2.05) is 12.1 Å². The first-order chi connectivity index (χ1) is 30.6. The summed E-state index contributed by atoms with van der Waals surface area (Å²) in [6.45, 7) is 0.690. The summed E-state index contributed by atoms with van der Waals surface area (Å²) in [6, 6.07) is 79.9. The second kappa shape index (κ2) is 15.7. The molecule has 0 aromatic heterocycles. The number of benzene rings is 9. The van der Waals surface area contributed by atoms with Gasteiger partial charge in [0.05, 0.1) is 11.5 Å². The van der Waals surface area contributed by atoms with Gasteiger partial charge in [-0.25, -0.2) is 0 Å². The predicted octanol–water partition coefficient (Wildman–Crippen LogP) is 14.0. The highest BCUT2D eigenvalue weighted by Gasteiger charge is 2.50. The molecule has 9 aromatic rings. The van der Waals surface area contributed by atoms with Crippen LogP contribution in [0, 0.1) is 0 Å². The molecule has 3 N–H and O–H groups in total. The second-order valence-corrected chi connectivity index (χ2v) is 16.2. The number of para-hydroxylation sites is 2. The van der Waals surface area contributed by atoms with Gasteiger partial charge in [-0.2, -0.15) is 0 Å². The van der Waals surface area contributed by atoms with Crippen LogP contribution in [0.1, 0.15) is 45.0 Å². The first kappa shape index (κ1) is 37.3. The average molecular weight is 797 g/mol. The molecule has 62 heavy (non-hydrogen) atoms. The van der Waals surface area contributed by atoms with Crippen LogP contribution in [0.4, 0.5) is 0 Å². The lowest BCUT2D eigenvalue weighted by atomic mass is 9.66. The molecular weight excluding hydrogens is 753 g/mol. The second-order valence-electron chi connectivity index (χ2n) is 16.2. The fourth-order valence-corrected chi connectivity index (χ4v) is 9.61. The van der Waals surface area contributed by atoms with Crippen molar-refractivity contribution in [3.05, 3.63) is 269 Å². The van der Waals surface area contributed by atoms with Crippen molar-refractivity contribution >= 4 is 5.70 Å². The van der Waals surface area contributed by atoms with Crippen molar-refractivity contribution in [2.24, 2.45) is 5.73 Å². The molecule has 1 heterocycles. The zero-order valence-electron chi connectivity index (χ0n) is 34.2. The normalized spacial score (nSPS) is 13.6. The van der Waals surface area contributed by atoms with Crippen molar-refractivity contribution in [3.8, 4) is 56.0 Å². The Morgan fingerprint density at radius 2 is 0.952 bits per heavy atom. The number of rotatable bonds is 9. The maximum atomic E-state index is 6.91. The zero-order valence-corrected chi connectivity index (χ0v) is 34.2. The van der Waals surface area contributed by atoms with E-state index in [1.165, 1.54) is 61.2 Å². The van der Waals surface area contributed by atoms with E-state index in [9.17, 15) is 0 Å². The number of hydrogen-bond acceptors (Lipinski definition) is 3. The van der Waals surface area contributed by atoms with Gasteiger partial charge in [-0.05, 0) is 103 Å². The van der Waals surface area contributed by atoms with E-state index in [1.54, 1.807) is 0 Å². The van der Waals surface area contributed by atoms with E-state index in [4.69, 9.17) is 10.5 Å². The molecule has 11 rings (SSSR count). The summed E-state index contributed by atoms with van der Waals surface area (Å²) in [5, 5.41) is 3.71. The molecule has 0 amide bonds. The molecule has 0 radical (unpaired) electrons. The maximum Gasteiger partial charge on any atom is 0.132 e. The fraction of sp³-hybridized carbons (Fsp3) is 0.0508. The molecule has 1 atom stereocenters. The van der Waals surface area contributed by atoms with Crippen molar-refractivity contribution in [2.75, 3.05) is 0 Å². The third kappa shape index (κ3) is 6.51. The number of hydrogen-bond donors (Lipinski definition) is 2. The minimum atomic E-state index is -0.473. The van der Waals surface area contributed by atoms with Crippen LogP contribution in [-0.4, -0.2) is 0 Å². The summed E-state index contributed by atoms with van der Waals surface area (Å²) >= 11 is 0. The van der Waals surface area contributed by atoms with E-state index in [-0.39, 0.29) is 6.04 Å². The molecule has 3 nitrogen and oxygen atoms in total. The van der Waals surface area contributed by atoms with Crippen molar-refractivity contribution in [3.63, 3.8) is 0 Å². The fourth-order valence-electron chi connectivity index (χ4n) is 9.61. The van der Waals surface area contributed by atoms with E-state index in [2.05, 4.69) is 224 Å². The molecular formula is C59H44N2O. The molecule has 1 aliphatic heterocycles. The van der Waals surface area contributed by atoms with Crippen LogP contribution in [-0.2, 0) is 12.0 Å². The van der Waals surface area contributed by atoms with Gasteiger partial charge in [-0.15, -0.1) is 0 Å². The summed E-state index contributed by atoms with van der Waals surface area (Å²) in [4.78, 5) is 0. The molecule has 2 aliphatic rings. The Morgan fingerprint density at radius 3 is 1.66 bits per heavy atom. The molecule has 1 aliphatic carbocycles. The minimum absolute atomic E-state index is 0.292. The van der Waals surface area contributed by atoms with Crippen LogP contribution in [0.15, 0.2) is 231 Å². The number of fused-ring (bicyclic) bond motifs is 9. The number of nitrogens with two attached hydrogens (primary N) is 1. The molecule has 296 valence electrons. The van der Waals surface area contributed by atoms with E-state index in [0.29, 0.717) is 6.54 Å². The highest BCUT2D eigenvalue weighted by molar-refractivity contribution is 5.91. The van der Waals surface area contributed by atoms with Gasteiger partial charge >= 0.3 is 0 Å². The molecule has 3 heteroatoms. The van der Waals surface area contributed by atoms with Gasteiger partial charge in [0.1, 0.15) is 11.5 Å². The Balaban J connectivity index is 0.917. The smallest absolute Gasteiger partial charge is 0.132 e. The lowest BCUT2D eigenvalue weighted by Gasteiger charge is -2.39. The summed E-state index contributed by atoms with van der Waals surface area (Å²) in [7, 11) is 0. The number of ether oxygens (including phenoxy) is 1. The molecule has 0 bridgehead atoms. The largest absolute Gasteiger partial charge is 0.457 e. The third-order valence-corrected chi connectivity index (χ3v) is 12.6. The van der Waals surface area contributed by atoms with Crippen LogP contribution >= 0.6 is 0 Å².